The van der Waals surface area contributed by atoms with Crippen LogP contribution in [0.25, 0.3) is 0 Å². The van der Waals surface area contributed by atoms with Gasteiger partial charge in [-0.15, -0.1) is 0 Å². The maximum atomic E-state index is 13.6. The number of aromatic nitrogens is 1. The van der Waals surface area contributed by atoms with E-state index < -0.39 is 17.2 Å². The number of phenolic OH excluding ortho intramolecular Hbond substituents is 1. The first-order valence-corrected chi connectivity index (χ1v) is 7.75. The molecule has 0 bridgehead atoms. The molecule has 0 aliphatic carbocycles. The van der Waals surface area contributed by atoms with Gasteiger partial charge in [-0.05, 0) is 48.8 Å². The normalized spacial score (nSPS) is 12.3. The molecule has 1 aromatic heterocycles. The van der Waals surface area contributed by atoms with Gasteiger partial charge in [0.05, 0.1) is 10.0 Å². The number of halogens is 2. The number of nitrogens with zero attached hydrogens (tertiary/aromatic N) is 2. The molecule has 0 spiro atoms. The molecule has 2 aromatic rings. The van der Waals surface area contributed by atoms with Crippen molar-refractivity contribution in [1.82, 2.24) is 0 Å². The summed E-state index contributed by atoms with van der Waals surface area (Å²) in [5, 5.41) is 36.1. The highest BCUT2D eigenvalue weighted by molar-refractivity contribution is 9.10. The van der Waals surface area contributed by atoms with Gasteiger partial charge in [-0.1, -0.05) is 5.16 Å². The lowest BCUT2D eigenvalue weighted by molar-refractivity contribution is -0.607. The quantitative estimate of drug-likeness (QED) is 0.359. The van der Waals surface area contributed by atoms with Crippen molar-refractivity contribution in [1.29, 1.82) is 0 Å². The Hall–Kier alpha value is -2.35. The van der Waals surface area contributed by atoms with Crippen LogP contribution < -0.4 is 4.73 Å². The van der Waals surface area contributed by atoms with Crippen LogP contribution in [-0.2, 0) is 4.84 Å². The van der Waals surface area contributed by atoms with E-state index in [0.29, 0.717) is 4.73 Å². The number of aromatic hydroxyl groups is 2. The molecule has 6 nitrogen and oxygen atoms in total. The molecule has 0 atom stereocenters. The van der Waals surface area contributed by atoms with Crippen molar-refractivity contribution in [3.05, 3.63) is 57.2 Å². The number of rotatable bonds is 3. The maximum absolute atomic E-state index is 13.6. The Morgan fingerprint density at radius 1 is 1.29 bits per heavy atom. The molecule has 0 radical (unpaired) electrons. The van der Waals surface area contributed by atoms with E-state index in [1.807, 2.05) is 0 Å². The Morgan fingerprint density at radius 3 is 2.54 bits per heavy atom. The lowest BCUT2D eigenvalue weighted by atomic mass is 10.0. The average Bonchev–Trinajstić information content (AvgIpc) is 2.45. The number of benzene rings is 1. The van der Waals surface area contributed by atoms with Crippen LogP contribution in [0.4, 0.5) is 4.39 Å². The summed E-state index contributed by atoms with van der Waals surface area (Å²) in [4.78, 5) is 5.34. The molecule has 0 saturated heterocycles. The highest BCUT2D eigenvalue weighted by Crippen LogP contribution is 2.29. The zero-order valence-corrected chi connectivity index (χ0v) is 14.8. The third-order valence-corrected chi connectivity index (χ3v) is 3.48. The lowest BCUT2D eigenvalue weighted by Gasteiger charge is -2.17. The molecule has 24 heavy (non-hydrogen) atoms. The summed E-state index contributed by atoms with van der Waals surface area (Å²) in [6, 6.07) is 4.78. The van der Waals surface area contributed by atoms with Gasteiger partial charge in [-0.25, -0.2) is 4.39 Å². The summed E-state index contributed by atoms with van der Waals surface area (Å²) in [6.45, 7) is 5.22. The van der Waals surface area contributed by atoms with E-state index in [-0.39, 0.29) is 27.2 Å². The van der Waals surface area contributed by atoms with Gasteiger partial charge in [0, 0.05) is 12.1 Å². The van der Waals surface area contributed by atoms with Crippen LogP contribution in [0.15, 0.2) is 40.1 Å². The number of phenols is 1. The van der Waals surface area contributed by atoms with Gasteiger partial charge in [0.15, 0.2) is 17.7 Å². The standard InChI is InChI=1S/C16H16BrFN2O4/c1-16(2,3)24-19-14(15-12(21)5-4-6-20(15)23)9-7-10(17)11(18)8-13(9)22/h4-8,21-22H,1-3H3/b19-14-. The minimum absolute atomic E-state index is 0.0265. The molecule has 1 aromatic carbocycles. The summed E-state index contributed by atoms with van der Waals surface area (Å²) < 4.78 is 14.0. The first-order chi connectivity index (χ1) is 11.1. The van der Waals surface area contributed by atoms with Gasteiger partial charge in [0.25, 0.3) is 5.69 Å². The summed E-state index contributed by atoms with van der Waals surface area (Å²) in [6.07, 6.45) is 1.16. The fourth-order valence-electron chi connectivity index (χ4n) is 1.83. The summed E-state index contributed by atoms with van der Waals surface area (Å²) in [7, 11) is 0. The lowest BCUT2D eigenvalue weighted by Crippen LogP contribution is -2.35. The minimum Gasteiger partial charge on any atom is -0.618 e. The van der Waals surface area contributed by atoms with E-state index in [1.165, 1.54) is 18.2 Å². The van der Waals surface area contributed by atoms with Crippen LogP contribution in [0, 0.1) is 11.0 Å². The Kier molecular flexibility index (Phi) is 4.98. The van der Waals surface area contributed by atoms with Crippen LogP contribution in [0.5, 0.6) is 11.5 Å². The van der Waals surface area contributed by atoms with Crippen LogP contribution >= 0.6 is 15.9 Å². The SMILES string of the molecule is CC(C)(C)O/N=C(/c1cc(Br)c(F)cc1O)c1c(O)ccc[n+]1[O-]. The van der Waals surface area contributed by atoms with Crippen molar-refractivity contribution in [2.45, 2.75) is 26.4 Å². The second kappa shape index (κ2) is 6.64. The molecule has 0 aliphatic rings. The zero-order chi connectivity index (χ0) is 18.1. The Balaban J connectivity index is 2.72. The van der Waals surface area contributed by atoms with Crippen molar-refractivity contribution in [3.8, 4) is 11.5 Å². The smallest absolute Gasteiger partial charge is 0.288 e. The predicted octanol–water partition coefficient (Wildman–Crippen LogP) is 3.20. The topological polar surface area (TPSA) is 89.0 Å². The van der Waals surface area contributed by atoms with Crippen LogP contribution in [0.2, 0.25) is 0 Å². The van der Waals surface area contributed by atoms with E-state index in [1.54, 1.807) is 20.8 Å². The fourth-order valence-corrected chi connectivity index (χ4v) is 2.18. The summed E-state index contributed by atoms with van der Waals surface area (Å²) in [5.74, 6) is -1.49. The van der Waals surface area contributed by atoms with E-state index in [0.717, 1.165) is 12.3 Å². The molecule has 8 heteroatoms. The van der Waals surface area contributed by atoms with Gasteiger partial charge in [0.1, 0.15) is 17.2 Å². The van der Waals surface area contributed by atoms with Crippen molar-refractivity contribution in [2.24, 2.45) is 5.16 Å². The first kappa shape index (κ1) is 18.0. The second-order valence-electron chi connectivity index (χ2n) is 5.99. The molecule has 2 rings (SSSR count). The van der Waals surface area contributed by atoms with Crippen molar-refractivity contribution < 1.29 is 24.2 Å². The van der Waals surface area contributed by atoms with Gasteiger partial charge < -0.3 is 20.3 Å². The fraction of sp³-hybridized carbons (Fsp3) is 0.250. The maximum Gasteiger partial charge on any atom is 0.288 e. The van der Waals surface area contributed by atoms with Crippen molar-refractivity contribution in [2.75, 3.05) is 0 Å². The number of hydrogen-bond acceptors (Lipinski definition) is 5. The molecule has 0 aliphatic heterocycles. The van der Waals surface area contributed by atoms with Crippen LogP contribution in [0.3, 0.4) is 0 Å². The largest absolute Gasteiger partial charge is 0.618 e. The van der Waals surface area contributed by atoms with Crippen LogP contribution in [0.1, 0.15) is 32.0 Å². The molecular weight excluding hydrogens is 383 g/mol. The van der Waals surface area contributed by atoms with Crippen LogP contribution in [-0.4, -0.2) is 21.5 Å². The molecule has 0 fully saturated rings. The molecule has 2 N–H and O–H groups in total. The van der Waals surface area contributed by atoms with E-state index in [2.05, 4.69) is 21.1 Å². The summed E-state index contributed by atoms with van der Waals surface area (Å²) in [5.41, 5.74) is -1.01. The molecular formula is C16H16BrFN2O4. The van der Waals surface area contributed by atoms with Gasteiger partial charge >= 0.3 is 0 Å². The van der Waals surface area contributed by atoms with E-state index in [4.69, 9.17) is 4.84 Å². The molecule has 128 valence electrons. The minimum atomic E-state index is -0.684. The zero-order valence-electron chi connectivity index (χ0n) is 13.2. The highest BCUT2D eigenvalue weighted by Gasteiger charge is 2.26. The molecule has 0 amide bonds. The average molecular weight is 399 g/mol. The van der Waals surface area contributed by atoms with Gasteiger partial charge in [-0.3, -0.25) is 0 Å². The Morgan fingerprint density at radius 2 is 1.96 bits per heavy atom. The molecule has 1 heterocycles. The van der Waals surface area contributed by atoms with E-state index >= 15 is 0 Å². The highest BCUT2D eigenvalue weighted by atomic mass is 79.9. The summed E-state index contributed by atoms with van der Waals surface area (Å²) >= 11 is 3.02. The Labute approximate surface area is 146 Å². The van der Waals surface area contributed by atoms with Crippen molar-refractivity contribution >= 4 is 21.6 Å². The molecule has 0 unspecified atom stereocenters. The van der Waals surface area contributed by atoms with Gasteiger partial charge in [-0.2, -0.15) is 4.73 Å². The third kappa shape index (κ3) is 3.94. The number of hydrogen-bond donors (Lipinski definition) is 2. The number of oxime groups is 1. The second-order valence-corrected chi connectivity index (χ2v) is 6.85. The Bertz CT molecular complexity index is 783. The van der Waals surface area contributed by atoms with E-state index in [9.17, 15) is 19.8 Å². The van der Waals surface area contributed by atoms with Crippen molar-refractivity contribution in [3.63, 3.8) is 0 Å². The number of pyridine rings is 1. The monoisotopic (exact) mass is 398 g/mol. The third-order valence-electron chi connectivity index (χ3n) is 2.87. The molecule has 0 saturated carbocycles. The predicted molar refractivity (Wildman–Crippen MR) is 89.3 cm³/mol. The first-order valence-electron chi connectivity index (χ1n) is 6.96. The van der Waals surface area contributed by atoms with Gasteiger partial charge in [0.2, 0.25) is 0 Å².